The van der Waals surface area contributed by atoms with E-state index >= 15 is 0 Å². The van der Waals surface area contributed by atoms with E-state index in [0.29, 0.717) is 54.4 Å². The Kier molecular flexibility index (Phi) is 5.97. The fourth-order valence-corrected chi connectivity index (χ4v) is 4.22. The lowest BCUT2D eigenvalue weighted by Gasteiger charge is -2.40. The van der Waals surface area contributed by atoms with Crippen molar-refractivity contribution in [2.24, 2.45) is 5.10 Å². The van der Waals surface area contributed by atoms with E-state index < -0.39 is 5.60 Å². The molecule has 2 heterocycles. The summed E-state index contributed by atoms with van der Waals surface area (Å²) in [6, 6.07) is 14.5. The zero-order chi connectivity index (χ0) is 21.1. The van der Waals surface area contributed by atoms with Gasteiger partial charge in [0, 0.05) is 43.4 Å². The molecule has 1 fully saturated rings. The Morgan fingerprint density at radius 2 is 1.93 bits per heavy atom. The Morgan fingerprint density at radius 1 is 1.20 bits per heavy atom. The number of ether oxygens (including phenoxy) is 1. The molecular formula is C23H26ClN3O3. The van der Waals surface area contributed by atoms with E-state index in [2.05, 4.69) is 5.10 Å². The number of piperidine rings is 1. The predicted molar refractivity (Wildman–Crippen MR) is 117 cm³/mol. The van der Waals surface area contributed by atoms with Crippen LogP contribution in [0.15, 0.2) is 53.6 Å². The van der Waals surface area contributed by atoms with Crippen molar-refractivity contribution in [2.75, 3.05) is 20.1 Å². The molecule has 7 heteroatoms. The van der Waals surface area contributed by atoms with Gasteiger partial charge in [-0.15, -0.1) is 0 Å². The Morgan fingerprint density at radius 3 is 2.57 bits per heavy atom. The molecule has 0 radical (unpaired) electrons. The van der Waals surface area contributed by atoms with Crippen molar-refractivity contribution in [1.29, 1.82) is 0 Å². The van der Waals surface area contributed by atoms with Gasteiger partial charge < -0.3 is 14.7 Å². The SMILES string of the molecule is CN1N=CCC1CC1(O)CCN(C(=O)c2ccc(Oc3cccc(Cl)c3)cc2)CC1. The number of amides is 1. The highest BCUT2D eigenvalue weighted by Gasteiger charge is 2.37. The molecule has 1 saturated heterocycles. The number of likely N-dealkylation sites (tertiary alicyclic amines) is 1. The maximum Gasteiger partial charge on any atom is 0.253 e. The molecule has 0 saturated carbocycles. The summed E-state index contributed by atoms with van der Waals surface area (Å²) in [6.07, 6.45) is 4.61. The summed E-state index contributed by atoms with van der Waals surface area (Å²) in [7, 11) is 1.94. The fraction of sp³-hybridized carbons (Fsp3) is 0.391. The first-order valence-electron chi connectivity index (χ1n) is 10.2. The van der Waals surface area contributed by atoms with Crippen molar-refractivity contribution in [3.05, 3.63) is 59.1 Å². The number of hydrazone groups is 1. The second-order valence-corrected chi connectivity index (χ2v) is 8.50. The summed E-state index contributed by atoms with van der Waals surface area (Å²) in [4.78, 5) is 14.7. The van der Waals surface area contributed by atoms with Crippen LogP contribution in [0.2, 0.25) is 5.02 Å². The van der Waals surface area contributed by atoms with Crippen LogP contribution in [0.25, 0.3) is 0 Å². The first-order valence-corrected chi connectivity index (χ1v) is 10.6. The van der Waals surface area contributed by atoms with Crippen LogP contribution in [-0.2, 0) is 0 Å². The zero-order valence-corrected chi connectivity index (χ0v) is 17.8. The normalized spacial score (nSPS) is 20.4. The number of halogens is 1. The molecule has 0 aromatic heterocycles. The van der Waals surface area contributed by atoms with Crippen LogP contribution in [0.4, 0.5) is 0 Å². The van der Waals surface area contributed by atoms with Crippen LogP contribution in [0.5, 0.6) is 11.5 Å². The summed E-state index contributed by atoms with van der Waals surface area (Å²) < 4.78 is 5.78. The number of hydrogen-bond acceptors (Lipinski definition) is 5. The average molecular weight is 428 g/mol. The maximum atomic E-state index is 12.9. The molecule has 1 unspecified atom stereocenters. The summed E-state index contributed by atoms with van der Waals surface area (Å²) in [5.41, 5.74) is -0.124. The lowest BCUT2D eigenvalue weighted by atomic mass is 9.84. The summed E-state index contributed by atoms with van der Waals surface area (Å²) in [5.74, 6) is 1.27. The molecule has 6 nitrogen and oxygen atoms in total. The second kappa shape index (κ2) is 8.66. The summed E-state index contributed by atoms with van der Waals surface area (Å²) in [6.45, 7) is 1.10. The lowest BCUT2D eigenvalue weighted by Crippen LogP contribution is -2.49. The second-order valence-electron chi connectivity index (χ2n) is 8.07. The predicted octanol–water partition coefficient (Wildman–Crippen LogP) is 4.18. The van der Waals surface area contributed by atoms with Crippen LogP contribution < -0.4 is 4.74 Å². The van der Waals surface area contributed by atoms with Crippen molar-refractivity contribution < 1.29 is 14.6 Å². The van der Waals surface area contributed by atoms with Crippen molar-refractivity contribution in [1.82, 2.24) is 9.91 Å². The highest BCUT2D eigenvalue weighted by Crippen LogP contribution is 2.31. The monoisotopic (exact) mass is 427 g/mol. The number of aliphatic hydroxyl groups is 1. The number of benzene rings is 2. The van der Waals surface area contributed by atoms with E-state index in [1.165, 1.54) is 0 Å². The van der Waals surface area contributed by atoms with Gasteiger partial charge in [0.2, 0.25) is 0 Å². The summed E-state index contributed by atoms with van der Waals surface area (Å²) in [5, 5.41) is 17.7. The van der Waals surface area contributed by atoms with Crippen LogP contribution in [0.1, 0.15) is 36.0 Å². The fourth-order valence-electron chi connectivity index (χ4n) is 4.04. The number of rotatable bonds is 5. The Labute approximate surface area is 181 Å². The van der Waals surface area contributed by atoms with E-state index in [4.69, 9.17) is 16.3 Å². The Hall–Kier alpha value is -2.57. The van der Waals surface area contributed by atoms with Gasteiger partial charge in [0.15, 0.2) is 0 Å². The molecule has 2 aliphatic rings. The van der Waals surface area contributed by atoms with Gasteiger partial charge in [0.05, 0.1) is 11.6 Å². The standard InChI is InChI=1S/C23H26ClN3O3/c1-26-19(9-12-25-26)16-23(29)10-13-27(14-11-23)22(28)17-5-7-20(8-6-17)30-21-4-2-3-18(24)15-21/h2-8,12,15,19,29H,9-11,13-14,16H2,1H3. The number of carbonyl (C=O) groups is 1. The smallest absolute Gasteiger partial charge is 0.253 e. The Bertz CT molecular complexity index is 924. The van der Waals surface area contributed by atoms with E-state index in [0.717, 1.165) is 6.42 Å². The largest absolute Gasteiger partial charge is 0.457 e. The van der Waals surface area contributed by atoms with Crippen LogP contribution >= 0.6 is 11.6 Å². The van der Waals surface area contributed by atoms with Crippen LogP contribution in [0.3, 0.4) is 0 Å². The molecule has 158 valence electrons. The van der Waals surface area contributed by atoms with Gasteiger partial charge >= 0.3 is 0 Å². The molecular weight excluding hydrogens is 402 g/mol. The van der Waals surface area contributed by atoms with Gasteiger partial charge in [-0.25, -0.2) is 0 Å². The highest BCUT2D eigenvalue weighted by atomic mass is 35.5. The van der Waals surface area contributed by atoms with Gasteiger partial charge in [-0.2, -0.15) is 5.10 Å². The zero-order valence-electron chi connectivity index (χ0n) is 17.0. The molecule has 1 atom stereocenters. The molecule has 1 amide bonds. The molecule has 0 bridgehead atoms. The number of nitrogens with zero attached hydrogens (tertiary/aromatic N) is 3. The van der Waals surface area contributed by atoms with Gasteiger partial charge in [-0.3, -0.25) is 9.80 Å². The van der Waals surface area contributed by atoms with E-state index in [1.807, 2.05) is 35.3 Å². The van der Waals surface area contributed by atoms with Gasteiger partial charge in [-0.1, -0.05) is 17.7 Å². The molecule has 4 rings (SSSR count). The first-order chi connectivity index (χ1) is 14.4. The van der Waals surface area contributed by atoms with Crippen molar-refractivity contribution in [3.63, 3.8) is 0 Å². The van der Waals surface area contributed by atoms with E-state index in [1.54, 1.807) is 36.4 Å². The van der Waals surface area contributed by atoms with Crippen molar-refractivity contribution in [2.45, 2.75) is 37.3 Å². The third kappa shape index (κ3) is 4.77. The van der Waals surface area contributed by atoms with E-state index in [-0.39, 0.29) is 11.9 Å². The van der Waals surface area contributed by atoms with Crippen LogP contribution in [0, 0.1) is 0 Å². The van der Waals surface area contributed by atoms with Gasteiger partial charge in [0.25, 0.3) is 5.91 Å². The molecule has 0 spiro atoms. The molecule has 2 aromatic rings. The average Bonchev–Trinajstić information content (AvgIpc) is 3.12. The number of hydrogen-bond donors (Lipinski definition) is 1. The van der Waals surface area contributed by atoms with Gasteiger partial charge in [-0.05, 0) is 61.7 Å². The number of carbonyl (C=O) groups excluding carboxylic acids is 1. The topological polar surface area (TPSA) is 65.4 Å². The molecule has 2 aliphatic heterocycles. The minimum absolute atomic E-state index is 0.0207. The third-order valence-electron chi connectivity index (χ3n) is 5.90. The molecule has 0 aliphatic carbocycles. The lowest BCUT2D eigenvalue weighted by molar-refractivity contribution is -0.0368. The minimum atomic E-state index is -0.738. The van der Waals surface area contributed by atoms with Gasteiger partial charge in [0.1, 0.15) is 11.5 Å². The molecule has 30 heavy (non-hydrogen) atoms. The highest BCUT2D eigenvalue weighted by molar-refractivity contribution is 6.30. The van der Waals surface area contributed by atoms with Crippen LogP contribution in [-0.4, -0.2) is 58.9 Å². The van der Waals surface area contributed by atoms with Crippen molar-refractivity contribution >= 4 is 23.7 Å². The van der Waals surface area contributed by atoms with Crippen molar-refractivity contribution in [3.8, 4) is 11.5 Å². The third-order valence-corrected chi connectivity index (χ3v) is 6.13. The molecule has 1 N–H and O–H groups in total. The van der Waals surface area contributed by atoms with E-state index in [9.17, 15) is 9.90 Å². The Balaban J connectivity index is 1.32. The first kappa shape index (κ1) is 20.7. The molecule has 2 aromatic carbocycles. The minimum Gasteiger partial charge on any atom is -0.457 e. The summed E-state index contributed by atoms with van der Waals surface area (Å²) >= 11 is 5.98. The quantitative estimate of drug-likeness (QED) is 0.777. The maximum absolute atomic E-state index is 12.9.